The van der Waals surface area contributed by atoms with Gasteiger partial charge in [0.05, 0.1) is 10.4 Å². The number of hydrogen-bond donors (Lipinski definition) is 1. The van der Waals surface area contributed by atoms with Crippen molar-refractivity contribution < 1.29 is 4.79 Å². The molecule has 1 aliphatic heterocycles. The van der Waals surface area contributed by atoms with Gasteiger partial charge in [-0.05, 0) is 49.9 Å². The summed E-state index contributed by atoms with van der Waals surface area (Å²) in [5.41, 5.74) is 3.35. The molecule has 112 valence electrons. The van der Waals surface area contributed by atoms with E-state index >= 15 is 0 Å². The summed E-state index contributed by atoms with van der Waals surface area (Å²) in [5, 5.41) is 5.49. The standard InChI is InChI=1S/C18H18N2OS/c1-3-11-5-7-12-14(20-11)8-9-15-16(12)13-6-4-10(2)19-18(21)17(13)22-15/h5,7-10H,3-4,6H2,1-2H3,(H,19,21). The second-order valence-corrected chi connectivity index (χ2v) is 7.04. The van der Waals surface area contributed by atoms with Crippen molar-refractivity contribution in [3.05, 3.63) is 40.4 Å². The van der Waals surface area contributed by atoms with Gasteiger partial charge in [0.15, 0.2) is 0 Å². The van der Waals surface area contributed by atoms with Crippen LogP contribution < -0.4 is 5.32 Å². The number of carbonyl (C=O) groups is 1. The Morgan fingerprint density at radius 1 is 1.32 bits per heavy atom. The van der Waals surface area contributed by atoms with Gasteiger partial charge in [0.2, 0.25) is 0 Å². The lowest BCUT2D eigenvalue weighted by Gasteiger charge is -2.08. The summed E-state index contributed by atoms with van der Waals surface area (Å²) in [7, 11) is 0. The normalized spacial score (nSPS) is 18.3. The molecule has 1 unspecified atom stereocenters. The Bertz CT molecular complexity index is 897. The molecule has 0 fully saturated rings. The number of aryl methyl sites for hydroxylation is 2. The lowest BCUT2D eigenvalue weighted by atomic mass is 10.0. The minimum Gasteiger partial charge on any atom is -0.349 e. The van der Waals surface area contributed by atoms with Gasteiger partial charge in [-0.3, -0.25) is 9.78 Å². The Kier molecular flexibility index (Phi) is 3.15. The third kappa shape index (κ3) is 2.02. The molecule has 0 radical (unpaired) electrons. The molecule has 0 bridgehead atoms. The van der Waals surface area contributed by atoms with E-state index in [4.69, 9.17) is 4.98 Å². The Morgan fingerprint density at radius 3 is 3.00 bits per heavy atom. The number of amides is 1. The fourth-order valence-electron chi connectivity index (χ4n) is 3.25. The van der Waals surface area contributed by atoms with Crippen LogP contribution in [0, 0.1) is 0 Å². The number of carbonyl (C=O) groups excluding carboxylic acids is 1. The van der Waals surface area contributed by atoms with Gasteiger partial charge in [-0.1, -0.05) is 13.0 Å². The molecule has 1 aliphatic rings. The predicted molar refractivity (Wildman–Crippen MR) is 91.8 cm³/mol. The molecule has 0 saturated carbocycles. The molecule has 1 atom stereocenters. The first kappa shape index (κ1) is 13.7. The van der Waals surface area contributed by atoms with E-state index in [1.807, 2.05) is 0 Å². The fraction of sp³-hybridized carbons (Fsp3) is 0.333. The molecule has 1 amide bonds. The van der Waals surface area contributed by atoms with E-state index in [1.54, 1.807) is 11.3 Å². The zero-order chi connectivity index (χ0) is 15.3. The number of nitrogens with zero attached hydrogens (tertiary/aromatic N) is 1. The maximum Gasteiger partial charge on any atom is 0.261 e. The first-order chi connectivity index (χ1) is 10.7. The number of benzene rings is 1. The second kappa shape index (κ2) is 5.06. The van der Waals surface area contributed by atoms with Crippen molar-refractivity contribution in [2.75, 3.05) is 0 Å². The van der Waals surface area contributed by atoms with Crippen LogP contribution in [0.15, 0.2) is 24.3 Å². The van der Waals surface area contributed by atoms with Crippen LogP contribution in [0.2, 0.25) is 0 Å². The van der Waals surface area contributed by atoms with Gasteiger partial charge < -0.3 is 5.32 Å². The van der Waals surface area contributed by atoms with Crippen LogP contribution in [0.3, 0.4) is 0 Å². The maximum atomic E-state index is 12.4. The Morgan fingerprint density at radius 2 is 2.18 bits per heavy atom. The largest absolute Gasteiger partial charge is 0.349 e. The highest BCUT2D eigenvalue weighted by Crippen LogP contribution is 2.38. The van der Waals surface area contributed by atoms with Gasteiger partial charge in [-0.2, -0.15) is 0 Å². The average molecular weight is 310 g/mol. The van der Waals surface area contributed by atoms with Crippen LogP contribution in [0.25, 0.3) is 21.0 Å². The zero-order valence-corrected chi connectivity index (χ0v) is 13.6. The number of hydrogen-bond acceptors (Lipinski definition) is 3. The average Bonchev–Trinajstić information content (AvgIpc) is 2.85. The molecule has 1 N–H and O–H groups in total. The summed E-state index contributed by atoms with van der Waals surface area (Å²) in [6, 6.07) is 8.70. The Balaban J connectivity index is 2.03. The quantitative estimate of drug-likeness (QED) is 0.736. The zero-order valence-electron chi connectivity index (χ0n) is 12.8. The number of pyridine rings is 1. The van der Waals surface area contributed by atoms with Gasteiger partial charge in [0.25, 0.3) is 5.91 Å². The molecule has 0 spiro atoms. The Labute approximate surface area is 133 Å². The van der Waals surface area contributed by atoms with Crippen LogP contribution in [-0.4, -0.2) is 16.9 Å². The van der Waals surface area contributed by atoms with Crippen molar-refractivity contribution in [2.45, 2.75) is 39.2 Å². The molecule has 22 heavy (non-hydrogen) atoms. The highest BCUT2D eigenvalue weighted by molar-refractivity contribution is 7.21. The summed E-state index contributed by atoms with van der Waals surface area (Å²) in [5.74, 6) is 0.0764. The molecular weight excluding hydrogens is 292 g/mol. The Hall–Kier alpha value is -1.94. The molecule has 3 aromatic rings. The van der Waals surface area contributed by atoms with Crippen LogP contribution >= 0.6 is 11.3 Å². The van der Waals surface area contributed by atoms with E-state index in [0.717, 1.165) is 35.4 Å². The molecule has 0 saturated heterocycles. The lowest BCUT2D eigenvalue weighted by Crippen LogP contribution is -2.30. The van der Waals surface area contributed by atoms with Crippen LogP contribution in [0.1, 0.15) is 41.2 Å². The number of fused-ring (bicyclic) bond motifs is 5. The van der Waals surface area contributed by atoms with Crippen molar-refractivity contribution in [3.8, 4) is 0 Å². The van der Waals surface area contributed by atoms with Gasteiger partial charge in [0, 0.05) is 27.2 Å². The van der Waals surface area contributed by atoms with E-state index in [2.05, 4.69) is 43.4 Å². The van der Waals surface area contributed by atoms with Crippen LogP contribution in [-0.2, 0) is 12.8 Å². The highest BCUT2D eigenvalue weighted by Gasteiger charge is 2.24. The van der Waals surface area contributed by atoms with Gasteiger partial charge in [-0.25, -0.2) is 0 Å². The first-order valence-corrected chi connectivity index (χ1v) is 8.64. The number of rotatable bonds is 1. The smallest absolute Gasteiger partial charge is 0.261 e. The molecule has 3 heterocycles. The van der Waals surface area contributed by atoms with Gasteiger partial charge in [0.1, 0.15) is 0 Å². The molecular formula is C18H18N2OS. The third-order valence-corrected chi connectivity index (χ3v) is 5.65. The van der Waals surface area contributed by atoms with E-state index in [9.17, 15) is 4.79 Å². The fourth-order valence-corrected chi connectivity index (χ4v) is 4.42. The van der Waals surface area contributed by atoms with E-state index in [0.29, 0.717) is 0 Å². The van der Waals surface area contributed by atoms with Crippen molar-refractivity contribution in [2.24, 2.45) is 0 Å². The minimum absolute atomic E-state index is 0.0764. The SMILES string of the molecule is CCc1ccc2c(ccc3sc4c(c32)CCC(C)NC4=O)n1. The summed E-state index contributed by atoms with van der Waals surface area (Å²) in [6.45, 7) is 4.19. The number of thiophene rings is 1. The number of aromatic nitrogens is 1. The second-order valence-electron chi connectivity index (χ2n) is 5.98. The van der Waals surface area contributed by atoms with E-state index in [1.165, 1.54) is 21.0 Å². The summed E-state index contributed by atoms with van der Waals surface area (Å²) in [6.07, 6.45) is 2.88. The van der Waals surface area contributed by atoms with Crippen molar-refractivity contribution in [3.63, 3.8) is 0 Å². The van der Waals surface area contributed by atoms with Crippen molar-refractivity contribution in [1.82, 2.24) is 10.3 Å². The molecule has 0 aliphatic carbocycles. The van der Waals surface area contributed by atoms with Gasteiger partial charge in [-0.15, -0.1) is 11.3 Å². The third-order valence-electron chi connectivity index (χ3n) is 4.45. The first-order valence-electron chi connectivity index (χ1n) is 7.82. The molecule has 2 aromatic heterocycles. The molecule has 4 rings (SSSR count). The molecule has 3 nitrogen and oxygen atoms in total. The van der Waals surface area contributed by atoms with Crippen LogP contribution in [0.5, 0.6) is 0 Å². The van der Waals surface area contributed by atoms with Gasteiger partial charge >= 0.3 is 0 Å². The van der Waals surface area contributed by atoms with E-state index in [-0.39, 0.29) is 11.9 Å². The summed E-state index contributed by atoms with van der Waals surface area (Å²) >= 11 is 1.61. The number of nitrogens with one attached hydrogen (secondary N) is 1. The highest BCUT2D eigenvalue weighted by atomic mass is 32.1. The van der Waals surface area contributed by atoms with Crippen molar-refractivity contribution >= 4 is 38.2 Å². The molecule has 4 heteroatoms. The monoisotopic (exact) mass is 310 g/mol. The topological polar surface area (TPSA) is 42.0 Å². The van der Waals surface area contributed by atoms with Crippen molar-refractivity contribution in [1.29, 1.82) is 0 Å². The van der Waals surface area contributed by atoms with Crippen LogP contribution in [0.4, 0.5) is 0 Å². The predicted octanol–water partition coefficient (Wildman–Crippen LogP) is 4.08. The summed E-state index contributed by atoms with van der Waals surface area (Å²) < 4.78 is 1.19. The maximum absolute atomic E-state index is 12.4. The minimum atomic E-state index is 0.0764. The molecule has 1 aromatic carbocycles. The summed E-state index contributed by atoms with van der Waals surface area (Å²) in [4.78, 5) is 18.0. The lowest BCUT2D eigenvalue weighted by molar-refractivity contribution is 0.0946. The van der Waals surface area contributed by atoms with E-state index < -0.39 is 0 Å².